The van der Waals surface area contributed by atoms with Crippen molar-refractivity contribution in [3.05, 3.63) is 126 Å². The van der Waals surface area contributed by atoms with Gasteiger partial charge in [-0.3, -0.25) is 9.78 Å². The van der Waals surface area contributed by atoms with Crippen molar-refractivity contribution in [3.63, 3.8) is 0 Å². The topological polar surface area (TPSA) is 62.2 Å². The van der Waals surface area contributed by atoms with E-state index in [2.05, 4.69) is 31.2 Å². The molecule has 0 saturated carbocycles. The highest BCUT2D eigenvalue weighted by atomic mass is 35.5. The Balaban J connectivity index is 1.29. The van der Waals surface area contributed by atoms with Crippen LogP contribution in [-0.2, 0) is 4.79 Å². The molecule has 0 unspecified atom stereocenters. The van der Waals surface area contributed by atoms with Gasteiger partial charge in [0.15, 0.2) is 5.11 Å². The Bertz CT molecular complexity index is 1650. The Labute approximate surface area is 237 Å². The van der Waals surface area contributed by atoms with E-state index < -0.39 is 0 Å². The summed E-state index contributed by atoms with van der Waals surface area (Å²) in [5.74, 6) is -0.0700. The van der Waals surface area contributed by atoms with Crippen LogP contribution in [0.15, 0.2) is 109 Å². The standard InChI is InChI=1S/C31H26ClN5OS/c32-22-10-6-11-23(20-22)36-18-7-15-27(36)30-29(26-13-3-4-17-33-26)35-31(39)37(30)19-16-28(38)34-25-14-5-9-21-8-1-2-12-24(21)25/h1-15,17-18,20,29-30H,16,19H2,(H,34,38)(H,35,39)/t29-,30-/m0/s1. The van der Waals surface area contributed by atoms with Crippen LogP contribution in [0.4, 0.5) is 5.69 Å². The van der Waals surface area contributed by atoms with Crippen LogP contribution in [0, 0.1) is 0 Å². The van der Waals surface area contributed by atoms with Crippen molar-refractivity contribution < 1.29 is 4.79 Å². The predicted octanol–water partition coefficient (Wildman–Crippen LogP) is 6.68. The third-order valence-electron chi connectivity index (χ3n) is 7.01. The van der Waals surface area contributed by atoms with E-state index >= 15 is 0 Å². The maximum atomic E-state index is 13.2. The molecule has 0 radical (unpaired) electrons. The van der Waals surface area contributed by atoms with Gasteiger partial charge in [-0.2, -0.15) is 0 Å². The quantitative estimate of drug-likeness (QED) is 0.221. The number of nitrogens with one attached hydrogen (secondary N) is 2. The molecule has 6 rings (SSSR count). The molecule has 1 aliphatic rings. The monoisotopic (exact) mass is 551 g/mol. The summed E-state index contributed by atoms with van der Waals surface area (Å²) in [6.07, 6.45) is 4.07. The number of pyridine rings is 1. The molecule has 0 spiro atoms. The lowest BCUT2D eigenvalue weighted by molar-refractivity contribution is -0.116. The zero-order valence-electron chi connectivity index (χ0n) is 21.0. The maximum Gasteiger partial charge on any atom is 0.226 e. The second-order valence-corrected chi connectivity index (χ2v) is 10.3. The summed E-state index contributed by atoms with van der Waals surface area (Å²) >= 11 is 12.1. The second kappa shape index (κ2) is 10.9. The summed E-state index contributed by atoms with van der Waals surface area (Å²) in [6.45, 7) is 0.442. The molecule has 5 aromatic rings. The van der Waals surface area contributed by atoms with Crippen LogP contribution in [0.3, 0.4) is 0 Å². The predicted molar refractivity (Wildman–Crippen MR) is 160 cm³/mol. The van der Waals surface area contributed by atoms with Gasteiger partial charge < -0.3 is 20.1 Å². The lowest BCUT2D eigenvalue weighted by atomic mass is 10.0. The van der Waals surface area contributed by atoms with E-state index in [1.807, 2.05) is 97.2 Å². The molecule has 1 fully saturated rings. The Hall–Kier alpha value is -4.20. The van der Waals surface area contributed by atoms with E-state index in [4.69, 9.17) is 23.8 Å². The molecule has 2 atom stereocenters. The van der Waals surface area contributed by atoms with Crippen molar-refractivity contribution in [3.8, 4) is 5.69 Å². The van der Waals surface area contributed by atoms with Crippen LogP contribution < -0.4 is 10.6 Å². The summed E-state index contributed by atoms with van der Waals surface area (Å²) in [5.41, 5.74) is 3.66. The Kier molecular flexibility index (Phi) is 7.00. The van der Waals surface area contributed by atoms with E-state index in [-0.39, 0.29) is 24.4 Å². The molecule has 3 aromatic carbocycles. The molecule has 6 nitrogen and oxygen atoms in total. The van der Waals surface area contributed by atoms with E-state index in [9.17, 15) is 4.79 Å². The number of nitrogens with zero attached hydrogens (tertiary/aromatic N) is 3. The molecule has 3 heterocycles. The van der Waals surface area contributed by atoms with Gasteiger partial charge in [0, 0.05) is 52.8 Å². The molecule has 2 N–H and O–H groups in total. The lowest BCUT2D eigenvalue weighted by Gasteiger charge is -2.29. The third kappa shape index (κ3) is 5.11. The number of benzene rings is 3. The molecule has 39 heavy (non-hydrogen) atoms. The number of amides is 1. The van der Waals surface area contributed by atoms with E-state index in [0.29, 0.717) is 16.7 Å². The second-order valence-electron chi connectivity index (χ2n) is 9.43. The minimum absolute atomic E-state index is 0.0700. The maximum absolute atomic E-state index is 13.2. The van der Waals surface area contributed by atoms with Crippen molar-refractivity contribution >= 4 is 51.3 Å². The Morgan fingerprint density at radius 3 is 2.64 bits per heavy atom. The van der Waals surface area contributed by atoms with Gasteiger partial charge in [0.2, 0.25) is 5.91 Å². The van der Waals surface area contributed by atoms with Gasteiger partial charge in [-0.25, -0.2) is 0 Å². The van der Waals surface area contributed by atoms with Gasteiger partial charge >= 0.3 is 0 Å². The first-order valence-electron chi connectivity index (χ1n) is 12.8. The minimum Gasteiger partial charge on any atom is -0.352 e. The van der Waals surface area contributed by atoms with Gasteiger partial charge in [0.05, 0.1) is 17.8 Å². The molecule has 1 aliphatic heterocycles. The Morgan fingerprint density at radius 1 is 0.974 bits per heavy atom. The number of hydrogen-bond donors (Lipinski definition) is 2. The van der Waals surface area contributed by atoms with Gasteiger partial charge in [-0.1, -0.05) is 60.1 Å². The first kappa shape index (κ1) is 25.1. The number of rotatable bonds is 7. The smallest absolute Gasteiger partial charge is 0.226 e. The van der Waals surface area contributed by atoms with Gasteiger partial charge in [0.1, 0.15) is 0 Å². The number of carbonyl (C=O) groups is 1. The molecule has 0 bridgehead atoms. The highest BCUT2D eigenvalue weighted by molar-refractivity contribution is 7.80. The molecule has 2 aromatic heterocycles. The number of halogens is 1. The van der Waals surface area contributed by atoms with Crippen LogP contribution in [0.1, 0.15) is 29.9 Å². The van der Waals surface area contributed by atoms with Crippen molar-refractivity contribution in [2.75, 3.05) is 11.9 Å². The molecule has 1 amide bonds. The van der Waals surface area contributed by atoms with Crippen LogP contribution in [0.5, 0.6) is 0 Å². The minimum atomic E-state index is -0.188. The summed E-state index contributed by atoms with van der Waals surface area (Å²) in [7, 11) is 0. The zero-order valence-corrected chi connectivity index (χ0v) is 22.6. The summed E-state index contributed by atoms with van der Waals surface area (Å²) in [5, 5.41) is 9.92. The van der Waals surface area contributed by atoms with Crippen molar-refractivity contribution in [1.29, 1.82) is 0 Å². The molecular weight excluding hydrogens is 526 g/mol. The summed E-state index contributed by atoms with van der Waals surface area (Å²) < 4.78 is 2.12. The number of thiocarbonyl (C=S) groups is 1. The highest BCUT2D eigenvalue weighted by Gasteiger charge is 2.41. The molecule has 0 aliphatic carbocycles. The number of hydrogen-bond acceptors (Lipinski definition) is 3. The van der Waals surface area contributed by atoms with E-state index in [1.54, 1.807) is 6.20 Å². The van der Waals surface area contributed by atoms with Crippen LogP contribution >= 0.6 is 23.8 Å². The van der Waals surface area contributed by atoms with Crippen LogP contribution in [-0.4, -0.2) is 32.0 Å². The highest BCUT2D eigenvalue weighted by Crippen LogP contribution is 2.39. The van der Waals surface area contributed by atoms with Crippen LogP contribution in [0.2, 0.25) is 5.02 Å². The third-order valence-corrected chi connectivity index (χ3v) is 7.60. The fraction of sp³-hybridized carbons (Fsp3) is 0.129. The van der Waals surface area contributed by atoms with Gasteiger partial charge in [-0.05, 0) is 66.1 Å². The van der Waals surface area contributed by atoms with Crippen molar-refractivity contribution in [1.82, 2.24) is 19.8 Å². The van der Waals surface area contributed by atoms with E-state index in [0.717, 1.165) is 33.5 Å². The Morgan fingerprint density at radius 2 is 1.79 bits per heavy atom. The SMILES string of the molecule is O=C(CCN1C(=S)N[C@@H](c2ccccn2)[C@@H]1c1cccn1-c1cccc(Cl)c1)Nc1cccc2ccccc12. The molecule has 194 valence electrons. The summed E-state index contributed by atoms with van der Waals surface area (Å²) in [4.78, 5) is 19.9. The lowest BCUT2D eigenvalue weighted by Crippen LogP contribution is -2.33. The molecular formula is C31H26ClN5OS. The fourth-order valence-electron chi connectivity index (χ4n) is 5.23. The largest absolute Gasteiger partial charge is 0.352 e. The average molecular weight is 552 g/mol. The average Bonchev–Trinajstić information content (AvgIpc) is 3.57. The van der Waals surface area contributed by atoms with E-state index in [1.165, 1.54) is 0 Å². The number of fused-ring (bicyclic) bond motifs is 1. The van der Waals surface area contributed by atoms with Crippen LogP contribution in [0.25, 0.3) is 16.5 Å². The molecule has 8 heteroatoms. The fourth-order valence-corrected chi connectivity index (χ4v) is 5.75. The van der Waals surface area contributed by atoms with Crippen molar-refractivity contribution in [2.24, 2.45) is 0 Å². The first-order chi connectivity index (χ1) is 19.1. The zero-order chi connectivity index (χ0) is 26.8. The number of carbonyl (C=O) groups excluding carboxylic acids is 1. The number of anilines is 1. The van der Waals surface area contributed by atoms with Crippen molar-refractivity contribution in [2.45, 2.75) is 18.5 Å². The number of aromatic nitrogens is 2. The summed E-state index contributed by atoms with van der Waals surface area (Å²) in [6, 6.07) is 31.3. The normalized spacial score (nSPS) is 16.8. The first-order valence-corrected chi connectivity index (χ1v) is 13.6. The molecule has 1 saturated heterocycles. The van der Waals surface area contributed by atoms with Gasteiger partial charge in [0.25, 0.3) is 0 Å². The van der Waals surface area contributed by atoms with Gasteiger partial charge in [-0.15, -0.1) is 0 Å².